The molecule has 0 atom stereocenters. The number of aromatic nitrogens is 2. The van der Waals surface area contributed by atoms with E-state index in [1.165, 1.54) is 0 Å². The van der Waals surface area contributed by atoms with Crippen LogP contribution in [0.25, 0.3) is 0 Å². The Morgan fingerprint density at radius 3 is 2.69 bits per heavy atom. The molecular weight excluding hydrogens is 220 g/mol. The first-order valence-corrected chi connectivity index (χ1v) is 9.20. The molecular formula is C11H20N2O2Si. The second-order valence-electron chi connectivity index (χ2n) is 5.18. The van der Waals surface area contributed by atoms with E-state index < -0.39 is 8.07 Å². The summed E-state index contributed by atoms with van der Waals surface area (Å²) in [5.41, 5.74) is 1.39. The summed E-state index contributed by atoms with van der Waals surface area (Å²) in [7, 11) is -1.02. The van der Waals surface area contributed by atoms with Gasteiger partial charge in [0.05, 0.1) is 11.3 Å². The molecule has 0 bridgehead atoms. The van der Waals surface area contributed by atoms with Gasteiger partial charge in [-0.25, -0.2) is 4.68 Å². The molecule has 0 saturated heterocycles. The molecule has 4 nitrogen and oxygen atoms in total. The quantitative estimate of drug-likeness (QED) is 0.435. The molecule has 0 spiro atoms. The molecule has 0 saturated carbocycles. The Morgan fingerprint density at radius 2 is 2.19 bits per heavy atom. The predicted molar refractivity (Wildman–Crippen MR) is 66.5 cm³/mol. The molecule has 0 aliphatic heterocycles. The molecule has 5 heteroatoms. The lowest BCUT2D eigenvalue weighted by Gasteiger charge is -2.15. The van der Waals surface area contributed by atoms with Crippen molar-refractivity contribution >= 4 is 14.4 Å². The topological polar surface area (TPSA) is 44.1 Å². The minimum Gasteiger partial charge on any atom is -0.360 e. The third-order valence-corrected chi connectivity index (χ3v) is 4.04. The first-order chi connectivity index (χ1) is 7.42. The van der Waals surface area contributed by atoms with Crippen LogP contribution < -0.4 is 0 Å². The van der Waals surface area contributed by atoms with Crippen molar-refractivity contribution in [1.29, 1.82) is 0 Å². The third-order valence-electron chi connectivity index (χ3n) is 2.33. The maximum Gasteiger partial charge on any atom is 0.153 e. The normalized spacial score (nSPS) is 11.8. The predicted octanol–water partition coefficient (Wildman–Crippen LogP) is 2.32. The van der Waals surface area contributed by atoms with E-state index in [0.29, 0.717) is 12.3 Å². The van der Waals surface area contributed by atoms with Crippen molar-refractivity contribution < 1.29 is 9.53 Å². The molecule has 1 aromatic heterocycles. The van der Waals surface area contributed by atoms with Crippen molar-refractivity contribution in [3.8, 4) is 0 Å². The van der Waals surface area contributed by atoms with E-state index in [1.807, 2.05) is 6.92 Å². The molecule has 0 unspecified atom stereocenters. The van der Waals surface area contributed by atoms with Crippen molar-refractivity contribution in [1.82, 2.24) is 9.78 Å². The number of nitrogens with zero attached hydrogens (tertiary/aromatic N) is 2. The Morgan fingerprint density at radius 1 is 1.50 bits per heavy atom. The van der Waals surface area contributed by atoms with Crippen molar-refractivity contribution in [3.05, 3.63) is 17.5 Å². The molecule has 0 radical (unpaired) electrons. The van der Waals surface area contributed by atoms with Crippen molar-refractivity contribution in [3.63, 3.8) is 0 Å². The second-order valence-corrected chi connectivity index (χ2v) is 10.8. The zero-order valence-corrected chi connectivity index (χ0v) is 11.5. The maximum atomic E-state index is 10.6. The molecule has 1 aromatic rings. The van der Waals surface area contributed by atoms with Gasteiger partial charge in [0.25, 0.3) is 0 Å². The Hall–Kier alpha value is -0.943. The molecule has 0 N–H and O–H groups in total. The molecule has 0 aliphatic carbocycles. The fraction of sp³-hybridized carbons (Fsp3) is 0.636. The van der Waals surface area contributed by atoms with Gasteiger partial charge in [0.1, 0.15) is 6.73 Å². The molecule has 90 valence electrons. The smallest absolute Gasteiger partial charge is 0.153 e. The van der Waals surface area contributed by atoms with Crippen LogP contribution in [0.2, 0.25) is 25.7 Å². The zero-order valence-electron chi connectivity index (χ0n) is 10.5. The average Bonchev–Trinajstić information content (AvgIpc) is 2.52. The van der Waals surface area contributed by atoms with Crippen molar-refractivity contribution in [2.45, 2.75) is 39.3 Å². The van der Waals surface area contributed by atoms with Gasteiger partial charge >= 0.3 is 0 Å². The molecule has 0 aliphatic rings. The number of aryl methyl sites for hydroxylation is 1. The van der Waals surface area contributed by atoms with Crippen molar-refractivity contribution in [2.75, 3.05) is 6.61 Å². The highest BCUT2D eigenvalue weighted by Gasteiger charge is 2.12. The number of aldehydes is 1. The van der Waals surface area contributed by atoms with E-state index in [1.54, 1.807) is 10.9 Å². The van der Waals surface area contributed by atoms with Crippen LogP contribution in [-0.4, -0.2) is 30.7 Å². The second kappa shape index (κ2) is 5.40. The Labute approximate surface area is 97.6 Å². The zero-order chi connectivity index (χ0) is 12.2. The summed E-state index contributed by atoms with van der Waals surface area (Å²) in [6.45, 7) is 9.98. The summed E-state index contributed by atoms with van der Waals surface area (Å²) in [6.07, 6.45) is 2.54. The van der Waals surface area contributed by atoms with Crippen LogP contribution in [0.1, 0.15) is 16.1 Å². The first kappa shape index (κ1) is 13.1. The van der Waals surface area contributed by atoms with Crippen LogP contribution in [0.3, 0.4) is 0 Å². The van der Waals surface area contributed by atoms with Crippen LogP contribution >= 0.6 is 0 Å². The number of ether oxygens (including phenoxy) is 1. The van der Waals surface area contributed by atoms with E-state index in [-0.39, 0.29) is 0 Å². The minimum absolute atomic E-state index is 0.430. The van der Waals surface area contributed by atoms with Crippen LogP contribution in [0.15, 0.2) is 6.20 Å². The number of carbonyl (C=O) groups is 1. The number of carbonyl (C=O) groups excluding carboxylic acids is 1. The summed E-state index contributed by atoms with van der Waals surface area (Å²) in [5, 5.41) is 4.19. The van der Waals surface area contributed by atoms with E-state index in [4.69, 9.17) is 4.74 Å². The van der Waals surface area contributed by atoms with E-state index in [0.717, 1.165) is 24.6 Å². The summed E-state index contributed by atoms with van der Waals surface area (Å²) in [6, 6.07) is 1.15. The van der Waals surface area contributed by atoms with E-state index in [2.05, 4.69) is 24.7 Å². The number of hydrogen-bond donors (Lipinski definition) is 0. The highest BCUT2D eigenvalue weighted by Crippen LogP contribution is 2.08. The standard InChI is InChI=1S/C11H20N2O2Si/c1-10-11(8-14)7-13(12-10)9-15-5-6-16(2,3)4/h7-8H,5-6,9H2,1-4H3. The van der Waals surface area contributed by atoms with E-state index >= 15 is 0 Å². The van der Waals surface area contributed by atoms with Crippen LogP contribution in [0.5, 0.6) is 0 Å². The SMILES string of the molecule is Cc1nn(COCC[Si](C)(C)C)cc1C=O. The number of hydrogen-bond acceptors (Lipinski definition) is 3. The largest absolute Gasteiger partial charge is 0.360 e. The Balaban J connectivity index is 2.35. The number of rotatable bonds is 6. The van der Waals surface area contributed by atoms with Crippen LogP contribution in [0.4, 0.5) is 0 Å². The molecule has 0 amide bonds. The van der Waals surface area contributed by atoms with Gasteiger partial charge in [-0.15, -0.1) is 0 Å². The molecule has 1 rings (SSSR count). The van der Waals surface area contributed by atoms with Crippen LogP contribution in [-0.2, 0) is 11.5 Å². The fourth-order valence-electron chi connectivity index (χ4n) is 1.25. The molecule has 0 fully saturated rings. The molecule has 16 heavy (non-hydrogen) atoms. The van der Waals surface area contributed by atoms with Crippen molar-refractivity contribution in [2.24, 2.45) is 0 Å². The lowest BCUT2D eigenvalue weighted by atomic mass is 10.3. The lowest BCUT2D eigenvalue weighted by molar-refractivity contribution is 0.0783. The molecule has 0 aromatic carbocycles. The lowest BCUT2D eigenvalue weighted by Crippen LogP contribution is -2.22. The van der Waals surface area contributed by atoms with E-state index in [9.17, 15) is 4.79 Å². The van der Waals surface area contributed by atoms with Gasteiger partial charge in [-0.3, -0.25) is 4.79 Å². The molecule has 1 heterocycles. The third kappa shape index (κ3) is 4.28. The van der Waals surface area contributed by atoms with Gasteiger partial charge in [-0.05, 0) is 13.0 Å². The summed E-state index contributed by atoms with van der Waals surface area (Å²) >= 11 is 0. The minimum atomic E-state index is -1.02. The highest BCUT2D eigenvalue weighted by atomic mass is 28.3. The first-order valence-electron chi connectivity index (χ1n) is 5.49. The van der Waals surface area contributed by atoms with Gasteiger partial charge in [0, 0.05) is 20.9 Å². The Kier molecular flexibility index (Phi) is 4.43. The maximum absolute atomic E-state index is 10.6. The van der Waals surface area contributed by atoms with Gasteiger partial charge in [0.2, 0.25) is 0 Å². The summed E-state index contributed by atoms with van der Waals surface area (Å²) in [4.78, 5) is 10.6. The van der Waals surface area contributed by atoms with Gasteiger partial charge < -0.3 is 4.74 Å². The van der Waals surface area contributed by atoms with Gasteiger partial charge in [0.15, 0.2) is 6.29 Å². The fourth-order valence-corrected chi connectivity index (χ4v) is 2.01. The Bertz CT molecular complexity index is 355. The highest BCUT2D eigenvalue weighted by molar-refractivity contribution is 6.76. The van der Waals surface area contributed by atoms with Gasteiger partial charge in [-0.1, -0.05) is 19.6 Å². The van der Waals surface area contributed by atoms with Crippen LogP contribution in [0, 0.1) is 6.92 Å². The average molecular weight is 240 g/mol. The monoisotopic (exact) mass is 240 g/mol. The summed E-state index contributed by atoms with van der Waals surface area (Å²) < 4.78 is 7.20. The van der Waals surface area contributed by atoms with Gasteiger partial charge in [-0.2, -0.15) is 5.10 Å². The summed E-state index contributed by atoms with van der Waals surface area (Å²) in [5.74, 6) is 0.